The number of carbonyl (C=O) groups is 2. The molecule has 0 bridgehead atoms. The molecule has 1 rings (SSSR count). The minimum absolute atomic E-state index is 0.104. The fraction of sp³-hybridized carbons (Fsp3) is 0.955. The average Bonchev–Trinajstić information content (AvgIpc) is 3.20. The van der Waals surface area contributed by atoms with E-state index in [1.807, 2.05) is 0 Å². The zero-order valence-electron chi connectivity index (χ0n) is 36.4. The maximum Gasteiger partial charge on any atom is 0.472 e. The van der Waals surface area contributed by atoms with Crippen LogP contribution in [0.4, 0.5) is 0 Å². The lowest BCUT2D eigenvalue weighted by atomic mass is 9.85. The van der Waals surface area contributed by atoms with Gasteiger partial charge >= 0.3 is 19.8 Å². The summed E-state index contributed by atoms with van der Waals surface area (Å²) >= 11 is 0. The summed E-state index contributed by atoms with van der Waals surface area (Å²) in [5.74, 6) is -1.10. The largest absolute Gasteiger partial charge is 0.472 e. The van der Waals surface area contributed by atoms with Gasteiger partial charge in [-0.1, -0.05) is 187 Å². The van der Waals surface area contributed by atoms with Crippen molar-refractivity contribution in [1.29, 1.82) is 0 Å². The number of rotatable bonds is 39. The zero-order chi connectivity index (χ0) is 42.9. The van der Waals surface area contributed by atoms with E-state index in [-0.39, 0.29) is 12.8 Å². The molecule has 0 aromatic carbocycles. The molecule has 0 spiro atoms. The molecule has 6 N–H and O–H groups in total. The standard InChI is InChI=1S/C44H85O13P/c1-3-5-7-9-11-12-13-14-15-16-17-18-19-20-21-22-23-24-25-26-27-29-31-33-38(46)56-36(34-54-37(45)32-30-28-10-8-6-4-2)35-55-58(52,53)57-44-42(50)40(48)39(47)41(49)43(44)51/h36,39-44,47-51H,3-35H2,1-2H3,(H,52,53). The van der Waals surface area contributed by atoms with E-state index >= 15 is 0 Å². The predicted octanol–water partition coefficient (Wildman–Crippen LogP) is 8.89. The second-order valence-electron chi connectivity index (χ2n) is 16.6. The predicted molar refractivity (Wildman–Crippen MR) is 226 cm³/mol. The minimum Gasteiger partial charge on any atom is -0.462 e. The maximum absolute atomic E-state index is 12.7. The number of hydrogen-bond acceptors (Lipinski definition) is 12. The summed E-state index contributed by atoms with van der Waals surface area (Å²) in [7, 11) is -5.10. The van der Waals surface area contributed by atoms with Crippen molar-refractivity contribution in [2.45, 2.75) is 256 Å². The summed E-state index contributed by atoms with van der Waals surface area (Å²) in [6.45, 7) is 3.24. The first-order chi connectivity index (χ1) is 27.9. The topological polar surface area (TPSA) is 210 Å². The highest BCUT2D eigenvalue weighted by atomic mass is 31.2. The first-order valence-corrected chi connectivity index (χ1v) is 24.8. The van der Waals surface area contributed by atoms with Gasteiger partial charge in [-0.3, -0.25) is 18.6 Å². The number of phosphoric ester groups is 1. The highest BCUT2D eigenvalue weighted by Crippen LogP contribution is 2.47. The Labute approximate surface area is 351 Å². The quantitative estimate of drug-likeness (QED) is 0.0194. The van der Waals surface area contributed by atoms with Crippen molar-refractivity contribution < 1.29 is 63.1 Å². The third-order valence-electron chi connectivity index (χ3n) is 11.2. The Kier molecular flexibility index (Phi) is 33.5. The zero-order valence-corrected chi connectivity index (χ0v) is 37.3. The third-order valence-corrected chi connectivity index (χ3v) is 12.2. The van der Waals surface area contributed by atoms with Gasteiger partial charge in [0.05, 0.1) is 6.61 Å². The summed E-state index contributed by atoms with van der Waals surface area (Å²) in [5.41, 5.74) is 0. The van der Waals surface area contributed by atoms with Crippen molar-refractivity contribution in [3.63, 3.8) is 0 Å². The van der Waals surface area contributed by atoms with E-state index in [1.54, 1.807) is 0 Å². The molecule has 0 aromatic rings. The molecule has 0 amide bonds. The van der Waals surface area contributed by atoms with E-state index in [0.717, 1.165) is 51.4 Å². The molecule has 1 saturated carbocycles. The van der Waals surface area contributed by atoms with Gasteiger partial charge in [-0.15, -0.1) is 0 Å². The van der Waals surface area contributed by atoms with Gasteiger partial charge in [0.25, 0.3) is 0 Å². The maximum atomic E-state index is 12.7. The number of aliphatic hydroxyl groups excluding tert-OH is 5. The number of phosphoric acid groups is 1. The van der Waals surface area contributed by atoms with E-state index in [4.69, 9.17) is 18.5 Å². The monoisotopic (exact) mass is 853 g/mol. The molecule has 344 valence electrons. The molecule has 1 aliphatic carbocycles. The van der Waals surface area contributed by atoms with Crippen LogP contribution in [0.3, 0.4) is 0 Å². The minimum atomic E-state index is -5.10. The molecule has 14 heteroatoms. The number of esters is 2. The molecular formula is C44H85O13P. The van der Waals surface area contributed by atoms with Gasteiger partial charge in [0.2, 0.25) is 0 Å². The number of ether oxygens (including phenoxy) is 2. The summed E-state index contributed by atoms with van der Waals surface area (Å²) in [5, 5.41) is 50.0. The van der Waals surface area contributed by atoms with Gasteiger partial charge < -0.3 is 39.9 Å². The summed E-state index contributed by atoms with van der Waals surface area (Å²) in [4.78, 5) is 35.4. The average molecular weight is 853 g/mol. The Morgan fingerprint density at radius 1 is 0.466 bits per heavy atom. The van der Waals surface area contributed by atoms with Crippen molar-refractivity contribution in [3.8, 4) is 0 Å². The van der Waals surface area contributed by atoms with Crippen molar-refractivity contribution >= 4 is 19.8 Å². The van der Waals surface area contributed by atoms with Gasteiger partial charge in [0, 0.05) is 12.8 Å². The summed E-state index contributed by atoms with van der Waals surface area (Å²) < 4.78 is 33.3. The molecule has 6 unspecified atom stereocenters. The van der Waals surface area contributed by atoms with Gasteiger partial charge in [0.15, 0.2) is 6.10 Å². The van der Waals surface area contributed by atoms with Crippen LogP contribution >= 0.6 is 7.82 Å². The van der Waals surface area contributed by atoms with Crippen LogP contribution in [0.1, 0.15) is 213 Å². The number of aliphatic hydroxyl groups is 5. The normalized spacial score (nSPS) is 22.4. The third kappa shape index (κ3) is 27.6. The van der Waals surface area contributed by atoms with Crippen LogP contribution in [-0.2, 0) is 32.7 Å². The molecule has 1 fully saturated rings. The van der Waals surface area contributed by atoms with Crippen LogP contribution in [0.2, 0.25) is 0 Å². The van der Waals surface area contributed by atoms with E-state index in [1.165, 1.54) is 122 Å². The molecule has 13 nitrogen and oxygen atoms in total. The highest BCUT2D eigenvalue weighted by Gasteiger charge is 2.51. The van der Waals surface area contributed by atoms with Crippen LogP contribution in [0, 0.1) is 0 Å². The highest BCUT2D eigenvalue weighted by molar-refractivity contribution is 7.47. The second kappa shape index (κ2) is 35.4. The molecular weight excluding hydrogens is 767 g/mol. The Morgan fingerprint density at radius 2 is 0.776 bits per heavy atom. The van der Waals surface area contributed by atoms with Crippen molar-refractivity contribution in [1.82, 2.24) is 0 Å². The Bertz CT molecular complexity index is 1030. The SMILES string of the molecule is CCCCCCCCCCCCCCCCCCCCCCCCCC(=O)OC(COC(=O)CCCCCCCC)COP(=O)(O)OC1C(O)C(O)C(O)C(O)C1O. The molecule has 0 aromatic heterocycles. The van der Waals surface area contributed by atoms with Gasteiger partial charge in [-0.25, -0.2) is 4.57 Å². The molecule has 1 aliphatic rings. The lowest BCUT2D eigenvalue weighted by Crippen LogP contribution is -2.64. The fourth-order valence-electron chi connectivity index (χ4n) is 7.41. The van der Waals surface area contributed by atoms with Crippen LogP contribution < -0.4 is 0 Å². The van der Waals surface area contributed by atoms with Crippen LogP contribution in [0.15, 0.2) is 0 Å². The first-order valence-electron chi connectivity index (χ1n) is 23.3. The number of carbonyl (C=O) groups excluding carboxylic acids is 2. The smallest absolute Gasteiger partial charge is 0.462 e. The summed E-state index contributed by atoms with van der Waals surface area (Å²) in [6, 6.07) is 0. The van der Waals surface area contributed by atoms with Crippen molar-refractivity contribution in [3.05, 3.63) is 0 Å². The number of unbranched alkanes of at least 4 members (excludes halogenated alkanes) is 27. The Hall–Kier alpha value is -1.15. The lowest BCUT2D eigenvalue weighted by Gasteiger charge is -2.41. The van der Waals surface area contributed by atoms with Crippen molar-refractivity contribution in [2.24, 2.45) is 0 Å². The fourth-order valence-corrected chi connectivity index (χ4v) is 8.38. The molecule has 58 heavy (non-hydrogen) atoms. The first kappa shape index (κ1) is 54.9. The van der Waals surface area contributed by atoms with Crippen LogP contribution in [0.25, 0.3) is 0 Å². The Morgan fingerprint density at radius 3 is 1.14 bits per heavy atom. The van der Waals surface area contributed by atoms with E-state index in [2.05, 4.69) is 13.8 Å². The Balaban J connectivity index is 2.29. The van der Waals surface area contributed by atoms with E-state index in [9.17, 15) is 44.6 Å². The van der Waals surface area contributed by atoms with Crippen LogP contribution in [-0.4, -0.2) is 98.3 Å². The van der Waals surface area contributed by atoms with Gasteiger partial charge in [-0.2, -0.15) is 0 Å². The molecule has 6 atom stereocenters. The van der Waals surface area contributed by atoms with E-state index < -0.39 is 75.7 Å². The second-order valence-corrected chi connectivity index (χ2v) is 18.0. The van der Waals surface area contributed by atoms with Crippen LogP contribution in [0.5, 0.6) is 0 Å². The number of hydrogen-bond donors (Lipinski definition) is 6. The van der Waals surface area contributed by atoms with E-state index in [0.29, 0.717) is 12.8 Å². The summed E-state index contributed by atoms with van der Waals surface area (Å²) in [6.07, 6.45) is 22.2. The molecule has 0 radical (unpaired) electrons. The molecule has 0 aliphatic heterocycles. The van der Waals surface area contributed by atoms with Gasteiger partial charge in [0.1, 0.15) is 43.2 Å². The molecule has 0 saturated heterocycles. The molecule has 0 heterocycles. The van der Waals surface area contributed by atoms with Gasteiger partial charge in [-0.05, 0) is 12.8 Å². The van der Waals surface area contributed by atoms with Crippen molar-refractivity contribution in [2.75, 3.05) is 13.2 Å². The lowest BCUT2D eigenvalue weighted by molar-refractivity contribution is -0.220.